The lowest BCUT2D eigenvalue weighted by atomic mass is 10.1. The number of amides is 1. The number of hydrogen-bond donors (Lipinski definition) is 2. The normalized spacial score (nSPS) is 15.3. The number of benzene rings is 3. The number of nitrogens with zero attached hydrogens (tertiary/aromatic N) is 4. The molecule has 0 unspecified atom stereocenters. The SMILES string of the molecule is CNc1ccc(C(=O)N2CC[C@@H](Nc3ncc(Cl)c(-c4cn(S(=O)(=O)c5ccccc5)c5ccccc45)n3)C2)cc1. The number of carbonyl (C=O) groups is 1. The zero-order valence-corrected chi connectivity index (χ0v) is 23.7. The van der Waals surface area contributed by atoms with Crippen LogP contribution in [0, 0.1) is 0 Å². The fraction of sp³-hybridized carbons (Fsp3) is 0.167. The van der Waals surface area contributed by atoms with Gasteiger partial charge in [-0.05, 0) is 48.9 Å². The van der Waals surface area contributed by atoms with Crippen LogP contribution in [0.25, 0.3) is 22.2 Å². The number of halogens is 1. The molecule has 11 heteroatoms. The molecule has 0 bridgehead atoms. The summed E-state index contributed by atoms with van der Waals surface area (Å²) in [5.74, 6) is 0.326. The molecule has 0 aliphatic carbocycles. The van der Waals surface area contributed by atoms with E-state index in [9.17, 15) is 13.2 Å². The fourth-order valence-electron chi connectivity index (χ4n) is 5.08. The Morgan fingerprint density at radius 2 is 1.73 bits per heavy atom. The maximum atomic E-state index is 13.5. The molecule has 2 N–H and O–H groups in total. The summed E-state index contributed by atoms with van der Waals surface area (Å²) in [6.45, 7) is 1.11. The number of rotatable bonds is 7. The van der Waals surface area contributed by atoms with E-state index in [0.717, 1.165) is 12.1 Å². The van der Waals surface area contributed by atoms with E-state index in [0.29, 0.717) is 51.8 Å². The second-order valence-corrected chi connectivity index (χ2v) is 12.0. The van der Waals surface area contributed by atoms with Crippen molar-refractivity contribution >= 4 is 50.1 Å². The van der Waals surface area contributed by atoms with E-state index in [1.54, 1.807) is 48.7 Å². The van der Waals surface area contributed by atoms with Crippen molar-refractivity contribution in [3.05, 3.63) is 102 Å². The molecule has 1 fully saturated rings. The van der Waals surface area contributed by atoms with E-state index in [4.69, 9.17) is 16.6 Å². The summed E-state index contributed by atoms with van der Waals surface area (Å²) in [5.41, 5.74) is 3.08. The lowest BCUT2D eigenvalue weighted by Crippen LogP contribution is -2.31. The van der Waals surface area contributed by atoms with E-state index in [1.165, 1.54) is 10.2 Å². The zero-order valence-electron chi connectivity index (χ0n) is 22.2. The molecule has 3 aromatic carbocycles. The Morgan fingerprint density at radius 3 is 2.49 bits per heavy atom. The summed E-state index contributed by atoms with van der Waals surface area (Å²) >= 11 is 6.57. The van der Waals surface area contributed by atoms with Gasteiger partial charge < -0.3 is 15.5 Å². The van der Waals surface area contributed by atoms with Gasteiger partial charge in [0.05, 0.1) is 27.3 Å². The van der Waals surface area contributed by atoms with Crippen LogP contribution < -0.4 is 10.6 Å². The highest BCUT2D eigenvalue weighted by Crippen LogP contribution is 2.36. The van der Waals surface area contributed by atoms with Crippen molar-refractivity contribution in [2.24, 2.45) is 0 Å². The van der Waals surface area contributed by atoms with Crippen molar-refractivity contribution in [3.8, 4) is 11.3 Å². The summed E-state index contributed by atoms with van der Waals surface area (Å²) in [4.78, 5) is 24.1. The Kier molecular flexibility index (Phi) is 7.10. The van der Waals surface area contributed by atoms with Crippen LogP contribution in [0.2, 0.25) is 5.02 Å². The maximum Gasteiger partial charge on any atom is 0.268 e. The number of likely N-dealkylation sites (tertiary alicyclic amines) is 1. The Hall–Kier alpha value is -4.41. The van der Waals surface area contributed by atoms with Crippen molar-refractivity contribution in [3.63, 3.8) is 0 Å². The van der Waals surface area contributed by atoms with Crippen molar-refractivity contribution < 1.29 is 13.2 Å². The minimum Gasteiger partial charge on any atom is -0.388 e. The number of anilines is 2. The van der Waals surface area contributed by atoms with Crippen molar-refractivity contribution in [2.45, 2.75) is 17.4 Å². The van der Waals surface area contributed by atoms with Crippen LogP contribution in [-0.4, -0.2) is 59.3 Å². The molecule has 1 amide bonds. The average molecular weight is 587 g/mol. The van der Waals surface area contributed by atoms with Crippen molar-refractivity contribution in [2.75, 3.05) is 30.8 Å². The first kappa shape index (κ1) is 26.8. The van der Waals surface area contributed by atoms with E-state index in [1.807, 2.05) is 48.3 Å². The molecule has 2 aromatic heterocycles. The van der Waals surface area contributed by atoms with Crippen LogP contribution in [0.15, 0.2) is 96.2 Å². The Labute approximate surface area is 242 Å². The zero-order chi connectivity index (χ0) is 28.6. The first-order valence-corrected chi connectivity index (χ1v) is 14.9. The van der Waals surface area contributed by atoms with Gasteiger partial charge in [-0.15, -0.1) is 0 Å². The number of fused-ring (bicyclic) bond motifs is 1. The third-order valence-electron chi connectivity index (χ3n) is 7.21. The standard InChI is InChI=1S/C30H27ClN6O3S/c1-32-21-13-11-20(12-14-21)29(38)36-16-15-22(18-36)34-30-33-17-26(31)28(35-30)25-19-37(27-10-6-5-9-24(25)27)41(39,40)23-7-3-2-4-8-23/h2-14,17,19,22,32H,15-16,18H2,1H3,(H,33,34,35)/t22-/m1/s1. The van der Waals surface area contributed by atoms with Gasteiger partial charge in [-0.25, -0.2) is 22.4 Å². The molecular formula is C30H27ClN6O3S. The highest BCUT2D eigenvalue weighted by atomic mass is 35.5. The summed E-state index contributed by atoms with van der Waals surface area (Å²) in [7, 11) is -2.03. The minimum absolute atomic E-state index is 0.0258. The number of carbonyl (C=O) groups excluding carboxylic acids is 1. The van der Waals surface area contributed by atoms with E-state index in [2.05, 4.69) is 15.6 Å². The molecule has 1 aliphatic heterocycles. The smallest absolute Gasteiger partial charge is 0.268 e. The van der Waals surface area contributed by atoms with Gasteiger partial charge in [0.1, 0.15) is 0 Å². The van der Waals surface area contributed by atoms with Crippen LogP contribution >= 0.6 is 11.6 Å². The van der Waals surface area contributed by atoms with Gasteiger partial charge in [0, 0.05) is 54.6 Å². The van der Waals surface area contributed by atoms with E-state index < -0.39 is 10.0 Å². The molecule has 1 atom stereocenters. The number of nitrogens with one attached hydrogen (secondary N) is 2. The number of para-hydroxylation sites is 1. The van der Waals surface area contributed by atoms with Gasteiger partial charge in [-0.3, -0.25) is 4.79 Å². The second-order valence-electron chi connectivity index (χ2n) is 9.77. The minimum atomic E-state index is -3.86. The van der Waals surface area contributed by atoms with E-state index in [-0.39, 0.29) is 16.8 Å². The van der Waals surface area contributed by atoms with Crippen LogP contribution in [0.4, 0.5) is 11.6 Å². The molecule has 1 aliphatic rings. The highest BCUT2D eigenvalue weighted by Gasteiger charge is 2.28. The Balaban J connectivity index is 1.27. The van der Waals surface area contributed by atoms with Gasteiger partial charge >= 0.3 is 0 Å². The van der Waals surface area contributed by atoms with E-state index >= 15 is 0 Å². The molecule has 0 saturated carbocycles. The first-order valence-electron chi connectivity index (χ1n) is 13.1. The third kappa shape index (κ3) is 5.12. The topological polar surface area (TPSA) is 109 Å². The monoisotopic (exact) mass is 586 g/mol. The molecule has 5 aromatic rings. The largest absolute Gasteiger partial charge is 0.388 e. The molecule has 6 rings (SSSR count). The Bertz CT molecular complexity index is 1840. The summed E-state index contributed by atoms with van der Waals surface area (Å²) in [6, 6.07) is 22.9. The molecular weight excluding hydrogens is 560 g/mol. The molecule has 9 nitrogen and oxygen atoms in total. The third-order valence-corrected chi connectivity index (χ3v) is 9.17. The first-order chi connectivity index (χ1) is 19.8. The van der Waals surface area contributed by atoms with Gasteiger partial charge in [-0.1, -0.05) is 48.0 Å². The lowest BCUT2D eigenvalue weighted by molar-refractivity contribution is 0.0791. The van der Waals surface area contributed by atoms with Gasteiger partial charge in [-0.2, -0.15) is 0 Å². The van der Waals surface area contributed by atoms with Crippen LogP contribution in [0.5, 0.6) is 0 Å². The maximum absolute atomic E-state index is 13.5. The predicted molar refractivity (Wildman–Crippen MR) is 161 cm³/mol. The molecule has 208 valence electrons. The molecule has 0 spiro atoms. The molecule has 1 saturated heterocycles. The molecule has 0 radical (unpaired) electrons. The van der Waals surface area contributed by atoms with Gasteiger partial charge in [0.25, 0.3) is 15.9 Å². The molecule has 3 heterocycles. The average Bonchev–Trinajstić information content (AvgIpc) is 3.64. The predicted octanol–water partition coefficient (Wildman–Crippen LogP) is 5.36. The van der Waals surface area contributed by atoms with Crippen LogP contribution in [0.3, 0.4) is 0 Å². The molecule has 41 heavy (non-hydrogen) atoms. The van der Waals surface area contributed by atoms with Gasteiger partial charge in [0.2, 0.25) is 5.95 Å². The summed E-state index contributed by atoms with van der Waals surface area (Å²) in [5, 5.41) is 7.38. The quantitative estimate of drug-likeness (QED) is 0.264. The number of aromatic nitrogens is 3. The summed E-state index contributed by atoms with van der Waals surface area (Å²) < 4.78 is 28.4. The van der Waals surface area contributed by atoms with Gasteiger partial charge in [0.15, 0.2) is 0 Å². The lowest BCUT2D eigenvalue weighted by Gasteiger charge is -2.17. The number of hydrogen-bond acceptors (Lipinski definition) is 7. The van der Waals surface area contributed by atoms with Crippen molar-refractivity contribution in [1.82, 2.24) is 18.8 Å². The fourth-order valence-corrected chi connectivity index (χ4v) is 6.66. The Morgan fingerprint density at radius 1 is 1.00 bits per heavy atom. The van der Waals surface area contributed by atoms with Crippen LogP contribution in [0.1, 0.15) is 16.8 Å². The summed E-state index contributed by atoms with van der Waals surface area (Å²) in [6.07, 6.45) is 3.79. The van der Waals surface area contributed by atoms with Crippen LogP contribution in [-0.2, 0) is 10.0 Å². The highest BCUT2D eigenvalue weighted by molar-refractivity contribution is 7.90. The van der Waals surface area contributed by atoms with Crippen molar-refractivity contribution in [1.29, 1.82) is 0 Å². The second kappa shape index (κ2) is 10.9.